The van der Waals surface area contributed by atoms with Crippen molar-refractivity contribution >= 4 is 27.5 Å². The van der Waals surface area contributed by atoms with Gasteiger partial charge in [-0.1, -0.05) is 25.0 Å². The van der Waals surface area contributed by atoms with Crippen LogP contribution in [-0.2, 0) is 4.79 Å². The highest BCUT2D eigenvalue weighted by molar-refractivity contribution is 7.18. The minimum absolute atomic E-state index is 0.206. The molecule has 1 saturated heterocycles. The maximum absolute atomic E-state index is 12.6. The molecule has 2 heterocycles. The van der Waals surface area contributed by atoms with Gasteiger partial charge in [0.2, 0.25) is 5.91 Å². The van der Waals surface area contributed by atoms with Gasteiger partial charge < -0.3 is 4.90 Å². The molecule has 4 rings (SSSR count). The number of carbonyl (C=O) groups is 1. The number of aromatic nitrogens is 1. The van der Waals surface area contributed by atoms with Gasteiger partial charge in [-0.15, -0.1) is 11.3 Å². The normalized spacial score (nSPS) is 22.2. The van der Waals surface area contributed by atoms with Crippen molar-refractivity contribution in [1.29, 1.82) is 0 Å². The van der Waals surface area contributed by atoms with E-state index in [1.54, 1.807) is 11.3 Å². The zero-order valence-corrected chi connectivity index (χ0v) is 13.6. The molecule has 4 heteroatoms. The van der Waals surface area contributed by atoms with E-state index in [2.05, 4.69) is 23.1 Å². The van der Waals surface area contributed by atoms with Gasteiger partial charge in [-0.05, 0) is 43.7 Å². The predicted octanol–water partition coefficient (Wildman–Crippen LogP) is 4.54. The number of rotatable bonds is 4. The number of benzene rings is 1. The van der Waals surface area contributed by atoms with Gasteiger partial charge >= 0.3 is 0 Å². The van der Waals surface area contributed by atoms with Crippen LogP contribution in [-0.4, -0.2) is 22.3 Å². The van der Waals surface area contributed by atoms with E-state index < -0.39 is 0 Å². The number of thiazole rings is 1. The van der Waals surface area contributed by atoms with Gasteiger partial charge in [0, 0.05) is 13.0 Å². The van der Waals surface area contributed by atoms with Crippen LogP contribution in [0.1, 0.15) is 56.0 Å². The lowest BCUT2D eigenvalue weighted by Crippen LogP contribution is -2.38. The van der Waals surface area contributed by atoms with Crippen molar-refractivity contribution < 1.29 is 4.79 Å². The van der Waals surface area contributed by atoms with E-state index in [0.29, 0.717) is 5.91 Å². The summed E-state index contributed by atoms with van der Waals surface area (Å²) in [5, 5.41) is 1.13. The fraction of sp³-hybridized carbons (Fsp3) is 0.556. The Morgan fingerprint density at radius 2 is 2.09 bits per heavy atom. The topological polar surface area (TPSA) is 33.2 Å². The highest BCUT2D eigenvalue weighted by Crippen LogP contribution is 2.37. The van der Waals surface area contributed by atoms with Crippen LogP contribution in [0.15, 0.2) is 24.3 Å². The van der Waals surface area contributed by atoms with Crippen molar-refractivity contribution in [3.05, 3.63) is 29.3 Å². The van der Waals surface area contributed by atoms with Gasteiger partial charge in [0.05, 0.1) is 16.3 Å². The molecular formula is C18H22N2OS. The number of carbonyl (C=O) groups excluding carboxylic acids is 1. The number of nitrogens with zero attached hydrogens (tertiary/aromatic N) is 2. The summed E-state index contributed by atoms with van der Waals surface area (Å²) in [5.74, 6) is 1.17. The molecule has 1 saturated carbocycles. The van der Waals surface area contributed by atoms with Crippen LogP contribution in [0.4, 0.5) is 0 Å². The minimum atomic E-state index is 0.206. The van der Waals surface area contributed by atoms with E-state index in [4.69, 9.17) is 4.98 Å². The smallest absolute Gasteiger partial charge is 0.223 e. The molecule has 0 spiro atoms. The quantitative estimate of drug-likeness (QED) is 0.830. The van der Waals surface area contributed by atoms with E-state index >= 15 is 0 Å². The monoisotopic (exact) mass is 314 g/mol. The van der Waals surface area contributed by atoms with E-state index in [9.17, 15) is 4.79 Å². The predicted molar refractivity (Wildman–Crippen MR) is 89.9 cm³/mol. The molecule has 1 aliphatic heterocycles. The molecule has 1 amide bonds. The van der Waals surface area contributed by atoms with Gasteiger partial charge in [0.1, 0.15) is 5.01 Å². The Bertz CT molecular complexity index is 644. The number of amides is 1. The molecule has 1 aliphatic carbocycles. The Morgan fingerprint density at radius 3 is 2.91 bits per heavy atom. The number of likely N-dealkylation sites (tertiary alicyclic amines) is 1. The average molecular weight is 314 g/mol. The third-order valence-electron chi connectivity index (χ3n) is 4.88. The summed E-state index contributed by atoms with van der Waals surface area (Å²) in [7, 11) is 0. The summed E-state index contributed by atoms with van der Waals surface area (Å²) in [5.41, 5.74) is 1.07. The summed E-state index contributed by atoms with van der Waals surface area (Å²) in [6.07, 6.45) is 7.87. The molecule has 2 aliphatic rings. The van der Waals surface area contributed by atoms with E-state index in [1.165, 1.54) is 24.0 Å². The van der Waals surface area contributed by atoms with Gasteiger partial charge in [-0.2, -0.15) is 0 Å². The molecule has 1 atom stereocenters. The standard InChI is InChI=1S/C18H22N2OS/c21-17(11-10-13-8-9-13)20-12-4-3-6-15(20)18-19-14-5-1-2-7-16(14)22-18/h1-2,5,7,13,15H,3-4,6,8-12H2/t15-/m1/s1. The van der Waals surface area contributed by atoms with Crippen LogP contribution in [0.5, 0.6) is 0 Å². The van der Waals surface area contributed by atoms with Crippen LogP contribution in [0.2, 0.25) is 0 Å². The van der Waals surface area contributed by atoms with Crippen molar-refractivity contribution in [2.75, 3.05) is 6.54 Å². The third kappa shape index (κ3) is 2.89. The van der Waals surface area contributed by atoms with Crippen LogP contribution in [0.25, 0.3) is 10.2 Å². The number of hydrogen-bond donors (Lipinski definition) is 0. The summed E-state index contributed by atoms with van der Waals surface area (Å²) in [4.78, 5) is 19.5. The molecular weight excluding hydrogens is 292 g/mol. The minimum Gasteiger partial charge on any atom is -0.333 e. The molecule has 0 radical (unpaired) electrons. The largest absolute Gasteiger partial charge is 0.333 e. The maximum Gasteiger partial charge on any atom is 0.223 e. The second-order valence-electron chi connectivity index (χ2n) is 6.60. The number of piperidine rings is 1. The van der Waals surface area contributed by atoms with Crippen molar-refractivity contribution in [3.8, 4) is 0 Å². The lowest BCUT2D eigenvalue weighted by molar-refractivity contribution is -0.135. The lowest BCUT2D eigenvalue weighted by Gasteiger charge is -2.34. The first kappa shape index (κ1) is 14.2. The Labute approximate surface area is 135 Å². The van der Waals surface area contributed by atoms with Crippen LogP contribution >= 0.6 is 11.3 Å². The number of hydrogen-bond acceptors (Lipinski definition) is 3. The molecule has 0 unspecified atom stereocenters. The highest BCUT2D eigenvalue weighted by atomic mass is 32.1. The van der Waals surface area contributed by atoms with Crippen molar-refractivity contribution in [2.45, 2.75) is 51.0 Å². The van der Waals surface area contributed by atoms with Crippen molar-refractivity contribution in [3.63, 3.8) is 0 Å². The fourth-order valence-electron chi connectivity index (χ4n) is 3.40. The highest BCUT2D eigenvalue weighted by Gasteiger charge is 2.31. The molecule has 1 aromatic carbocycles. The van der Waals surface area contributed by atoms with Gasteiger partial charge in [0.15, 0.2) is 0 Å². The van der Waals surface area contributed by atoms with E-state index in [0.717, 1.165) is 48.7 Å². The van der Waals surface area contributed by atoms with Crippen LogP contribution in [0.3, 0.4) is 0 Å². The summed E-state index contributed by atoms with van der Waals surface area (Å²) < 4.78 is 1.23. The molecule has 2 aromatic rings. The fourth-order valence-corrected chi connectivity index (χ4v) is 4.51. The second kappa shape index (κ2) is 5.99. The summed E-state index contributed by atoms with van der Waals surface area (Å²) in [6, 6.07) is 8.49. The van der Waals surface area contributed by atoms with Gasteiger partial charge in [-0.25, -0.2) is 4.98 Å². The van der Waals surface area contributed by atoms with Crippen molar-refractivity contribution in [1.82, 2.24) is 9.88 Å². The molecule has 116 valence electrons. The second-order valence-corrected chi connectivity index (χ2v) is 7.66. The first-order valence-electron chi connectivity index (χ1n) is 8.46. The summed E-state index contributed by atoms with van der Waals surface area (Å²) in [6.45, 7) is 0.907. The van der Waals surface area contributed by atoms with E-state index in [-0.39, 0.29) is 6.04 Å². The first-order valence-corrected chi connectivity index (χ1v) is 9.28. The Morgan fingerprint density at radius 1 is 1.23 bits per heavy atom. The Balaban J connectivity index is 1.54. The van der Waals surface area contributed by atoms with Crippen LogP contribution in [0, 0.1) is 5.92 Å². The maximum atomic E-state index is 12.6. The lowest BCUT2D eigenvalue weighted by atomic mass is 10.0. The molecule has 0 N–H and O–H groups in total. The van der Waals surface area contributed by atoms with E-state index in [1.807, 2.05) is 6.07 Å². The van der Waals surface area contributed by atoms with Crippen LogP contribution < -0.4 is 0 Å². The SMILES string of the molecule is O=C(CCC1CC1)N1CCCC[C@@H]1c1nc2ccccc2s1. The molecule has 0 bridgehead atoms. The molecule has 2 fully saturated rings. The number of fused-ring (bicyclic) bond motifs is 1. The molecule has 22 heavy (non-hydrogen) atoms. The zero-order valence-electron chi connectivity index (χ0n) is 12.8. The summed E-state index contributed by atoms with van der Waals surface area (Å²) >= 11 is 1.76. The van der Waals surface area contributed by atoms with Gasteiger partial charge in [0.25, 0.3) is 0 Å². The average Bonchev–Trinajstić information content (AvgIpc) is 3.29. The Hall–Kier alpha value is -1.42. The number of para-hydroxylation sites is 1. The first-order chi connectivity index (χ1) is 10.8. The third-order valence-corrected chi connectivity index (χ3v) is 6.02. The Kier molecular flexibility index (Phi) is 3.87. The van der Waals surface area contributed by atoms with Gasteiger partial charge in [-0.3, -0.25) is 4.79 Å². The van der Waals surface area contributed by atoms with Crippen molar-refractivity contribution in [2.24, 2.45) is 5.92 Å². The molecule has 1 aromatic heterocycles. The zero-order chi connectivity index (χ0) is 14.9. The molecule has 3 nitrogen and oxygen atoms in total.